The Morgan fingerprint density at radius 2 is 0.857 bits per heavy atom. The number of rotatable bonds is 0. The first-order valence-electron chi connectivity index (χ1n) is 2.32. The molecular weight excluding hydrogens is 467 g/mol. The van der Waals surface area contributed by atoms with Crippen molar-refractivity contribution < 1.29 is 0 Å². The van der Waals surface area contributed by atoms with Crippen molar-refractivity contribution in [3.63, 3.8) is 0 Å². The maximum absolute atomic E-state index is 4.97. The molecule has 0 heterocycles. The number of hydrogen-bond acceptors (Lipinski definition) is 0. The maximum atomic E-state index is 4.97. The van der Waals surface area contributed by atoms with Gasteiger partial charge in [-0.3, -0.25) is 0 Å². The fourth-order valence-corrected chi connectivity index (χ4v) is 0. The first-order valence-corrected chi connectivity index (χ1v) is 20.9. The van der Waals surface area contributed by atoms with Crippen molar-refractivity contribution >= 4 is 141 Å². The lowest BCUT2D eigenvalue weighted by Gasteiger charge is -1.85. The fraction of sp³-hybridized carbons (Fsp3) is 0. The van der Waals surface area contributed by atoms with E-state index >= 15 is 0 Å². The lowest BCUT2D eigenvalue weighted by atomic mass is 27.6. The molecule has 0 radical (unpaired) electrons. The van der Waals surface area contributed by atoms with Crippen LogP contribution in [0.3, 0.4) is 0 Å². The summed E-state index contributed by atoms with van der Waals surface area (Å²) >= 11 is 49.3. The molecule has 0 N–H and O–H groups in total. The van der Waals surface area contributed by atoms with E-state index in [0.29, 0.717) is 0 Å². The van der Waals surface area contributed by atoms with E-state index in [9.17, 15) is 0 Å². The Morgan fingerprint density at radius 3 is 0.857 bits per heavy atom. The van der Waals surface area contributed by atoms with E-state index in [1.165, 1.54) is 0 Å². The van der Waals surface area contributed by atoms with Gasteiger partial charge >= 0.3 is 12.0 Å². The summed E-state index contributed by atoms with van der Waals surface area (Å²) in [6, 6.07) is 0. The topological polar surface area (TPSA) is 0 Å². The van der Waals surface area contributed by atoms with Gasteiger partial charge in [0.15, 0.2) is 0 Å². The zero-order chi connectivity index (χ0) is 12.8. The zero-order valence-corrected chi connectivity index (χ0v) is 19.7. The molecule has 0 aliphatic carbocycles. The van der Waals surface area contributed by atoms with E-state index in [0.717, 1.165) is 9.55 Å². The van der Waals surface area contributed by atoms with E-state index in [2.05, 4.69) is 0 Å². The highest BCUT2D eigenvalue weighted by molar-refractivity contribution is 7.81. The van der Waals surface area contributed by atoms with Gasteiger partial charge in [0.1, 0.15) is 9.55 Å². The average molecular weight is 473 g/mol. The van der Waals surface area contributed by atoms with Crippen LogP contribution in [0.5, 0.6) is 0 Å². The zero-order valence-electron chi connectivity index (χ0n) is 6.56. The van der Waals surface area contributed by atoms with Gasteiger partial charge in [-0.15, -0.1) is 77.6 Å². The summed E-state index contributed by atoms with van der Waals surface area (Å²) in [6.07, 6.45) is 0. The van der Waals surface area contributed by atoms with Gasteiger partial charge < -0.3 is 0 Å². The minimum absolute atomic E-state index is 0.639. The third-order valence-corrected chi connectivity index (χ3v) is 0. The lowest BCUT2D eigenvalue weighted by Crippen LogP contribution is -1.91. The molecule has 0 bridgehead atoms. The number of hydrogen-bond donors (Lipinski definition) is 0. The van der Waals surface area contributed by atoms with Crippen LogP contribution in [-0.2, 0) is 0 Å². The van der Waals surface area contributed by atoms with Crippen LogP contribution in [0.2, 0.25) is 0 Å². The third kappa shape index (κ3) is 242. The molecule has 0 aliphatic rings. The standard InChI is InChI=1S/Cl4Si.Cl3HSi.Cl2H2Si.ClH3Si/c1-5(2,3)4;1-4(2)3;1-3-2;1-2/h;4H;3H2;2H3. The Balaban J connectivity index is -0.0000000505. The molecule has 0 fully saturated rings. The van der Waals surface area contributed by atoms with E-state index < -0.39 is 20.2 Å². The molecule has 0 rings (SSSR count). The van der Waals surface area contributed by atoms with Gasteiger partial charge in [0.05, 0.1) is 0 Å². The van der Waals surface area contributed by atoms with Crippen molar-refractivity contribution in [3.8, 4) is 0 Å². The van der Waals surface area contributed by atoms with Crippen LogP contribution in [0.4, 0.5) is 0 Å². The Labute approximate surface area is 139 Å². The molecule has 14 heteroatoms. The van der Waals surface area contributed by atoms with Gasteiger partial charge in [0.2, 0.25) is 8.14 Å². The van der Waals surface area contributed by atoms with Crippen LogP contribution in [0.1, 0.15) is 0 Å². The molecule has 0 aromatic heterocycles. The van der Waals surface area contributed by atoms with E-state index in [1.54, 1.807) is 0 Å². The Kier molecular flexibility index (Phi) is 41.4. The summed E-state index contributed by atoms with van der Waals surface area (Å²) in [5.41, 5.74) is 0. The van der Waals surface area contributed by atoms with Gasteiger partial charge in [-0.25, -0.2) is 0 Å². The second-order valence-electron chi connectivity index (χ2n) is 0.777. The smallest absolute Gasteiger partial charge is 0.181 e. The van der Waals surface area contributed by atoms with Gasteiger partial charge in [0, 0.05) is 0 Å². The molecule has 0 aromatic carbocycles. The highest BCUT2D eigenvalue weighted by atomic mass is 36.0. The molecule has 0 saturated carbocycles. The van der Waals surface area contributed by atoms with Crippen molar-refractivity contribution in [2.75, 3.05) is 0 Å². The van der Waals surface area contributed by atoms with Crippen molar-refractivity contribution in [2.45, 2.75) is 0 Å². The van der Waals surface area contributed by atoms with Crippen molar-refractivity contribution in [3.05, 3.63) is 0 Å². The summed E-state index contributed by atoms with van der Waals surface area (Å²) in [4.78, 5) is 0. The van der Waals surface area contributed by atoms with Crippen molar-refractivity contribution in [1.82, 2.24) is 0 Å². The highest BCUT2D eigenvalue weighted by Crippen LogP contribution is 2.23. The lowest BCUT2D eigenvalue weighted by molar-refractivity contribution is 3.80. The molecule has 0 atom stereocenters. The molecule has 14 heavy (non-hydrogen) atoms. The molecule has 0 unspecified atom stereocenters. The predicted molar refractivity (Wildman–Crippen MR) is 89.9 cm³/mol. The molecule has 0 aromatic rings. The normalized spacial score (nSPS) is 8.79. The average Bonchev–Trinajstić information content (AvgIpc) is 1.87. The second-order valence-corrected chi connectivity index (χ2v) is 21.0. The maximum Gasteiger partial charge on any atom is 0.440 e. The second kappa shape index (κ2) is 22.0. The Morgan fingerprint density at radius 1 is 0.857 bits per heavy atom. The summed E-state index contributed by atoms with van der Waals surface area (Å²) in [7, 11) is 0.139. The van der Waals surface area contributed by atoms with Gasteiger partial charge in [-0.05, 0) is 0 Å². The summed E-state index contributed by atoms with van der Waals surface area (Å²) in [5.74, 6) is 0. The molecule has 0 amide bonds. The molecular formula is H6Cl10Si4. The van der Waals surface area contributed by atoms with E-state index in [4.69, 9.17) is 111 Å². The Hall–Kier alpha value is 3.77. The third-order valence-electron chi connectivity index (χ3n) is 0. The van der Waals surface area contributed by atoms with E-state index in [1.807, 2.05) is 0 Å². The van der Waals surface area contributed by atoms with Gasteiger partial charge in [-0.2, -0.15) is 33.2 Å². The minimum atomic E-state index is -2.72. The summed E-state index contributed by atoms with van der Waals surface area (Å²) < 4.78 is 0. The quantitative estimate of drug-likeness (QED) is 0.372. The number of halogens is 10. The van der Waals surface area contributed by atoms with Crippen LogP contribution in [0.25, 0.3) is 0 Å². The van der Waals surface area contributed by atoms with Crippen LogP contribution in [0, 0.1) is 0 Å². The SMILES string of the molecule is Cl[SiH2]Cl.Cl[SiH](Cl)Cl.Cl[Si](Cl)(Cl)Cl.[SiH3]Cl. The monoisotopic (exact) mass is 468 g/mol. The molecule has 0 spiro atoms. The fourth-order valence-electron chi connectivity index (χ4n) is 0. The van der Waals surface area contributed by atoms with Crippen molar-refractivity contribution in [1.29, 1.82) is 0 Å². The highest BCUT2D eigenvalue weighted by Gasteiger charge is 2.19. The molecule has 0 nitrogen and oxygen atoms in total. The summed E-state index contributed by atoms with van der Waals surface area (Å²) in [5, 5.41) is -2.72. The summed E-state index contributed by atoms with van der Waals surface area (Å²) in [6.45, 7) is -1.72. The van der Waals surface area contributed by atoms with E-state index in [-0.39, 0.29) is 0 Å². The van der Waals surface area contributed by atoms with Crippen LogP contribution >= 0.6 is 111 Å². The largest absolute Gasteiger partial charge is 0.440 e. The van der Waals surface area contributed by atoms with Crippen LogP contribution in [0.15, 0.2) is 0 Å². The molecule has 0 aliphatic heterocycles. The first-order chi connectivity index (χ1) is 6.15. The van der Waals surface area contributed by atoms with Gasteiger partial charge in [0.25, 0.3) is 0 Å². The van der Waals surface area contributed by atoms with Crippen molar-refractivity contribution in [2.24, 2.45) is 0 Å². The molecule has 92 valence electrons. The Bertz CT molecular complexity index is 58.3. The minimum Gasteiger partial charge on any atom is -0.181 e. The predicted octanol–water partition coefficient (Wildman–Crippen LogP) is 3.77. The van der Waals surface area contributed by atoms with Crippen LogP contribution < -0.4 is 0 Å². The first kappa shape index (κ1) is 26.4. The molecule has 0 saturated heterocycles. The van der Waals surface area contributed by atoms with Gasteiger partial charge in [-0.1, -0.05) is 0 Å². The van der Waals surface area contributed by atoms with Crippen LogP contribution in [-0.4, -0.2) is 29.7 Å².